The van der Waals surface area contributed by atoms with E-state index in [-0.39, 0.29) is 11.6 Å². The number of halogens is 1. The normalized spacial score (nSPS) is 12.3. The topological polar surface area (TPSA) is 79.0 Å². The molecule has 0 spiro atoms. The van der Waals surface area contributed by atoms with Crippen LogP contribution in [-0.4, -0.2) is 18.7 Å². The minimum atomic E-state index is -2.17. The number of benzene rings is 1. The van der Waals surface area contributed by atoms with Gasteiger partial charge in [-0.15, -0.1) is 0 Å². The number of aromatic nitrogens is 2. The summed E-state index contributed by atoms with van der Waals surface area (Å²) in [6.07, 6.45) is 3.01. The van der Waals surface area contributed by atoms with Gasteiger partial charge in [0, 0.05) is 17.3 Å². The van der Waals surface area contributed by atoms with Gasteiger partial charge in [0.05, 0.1) is 11.4 Å². The van der Waals surface area contributed by atoms with Gasteiger partial charge in [0.25, 0.3) is 0 Å². The molecule has 1 atom stereocenters. The molecule has 0 radical (unpaired) electrons. The first-order chi connectivity index (χ1) is 10.6. The fourth-order valence-electron chi connectivity index (χ4n) is 1.91. The van der Waals surface area contributed by atoms with Crippen molar-refractivity contribution in [3.05, 3.63) is 60.4 Å². The molecule has 22 heavy (non-hydrogen) atoms. The Morgan fingerprint density at radius 3 is 2.50 bits per heavy atom. The van der Waals surface area contributed by atoms with E-state index in [2.05, 4.69) is 9.97 Å². The molecule has 2 heterocycles. The van der Waals surface area contributed by atoms with E-state index in [0.717, 1.165) is 0 Å². The van der Waals surface area contributed by atoms with Crippen LogP contribution >= 0.6 is 0 Å². The Bertz CT molecular complexity index is 800. The quantitative estimate of drug-likeness (QED) is 0.691. The first kappa shape index (κ1) is 14.6. The van der Waals surface area contributed by atoms with Gasteiger partial charge in [-0.1, -0.05) is 0 Å². The van der Waals surface area contributed by atoms with Crippen LogP contribution in [0.4, 0.5) is 4.39 Å². The van der Waals surface area contributed by atoms with E-state index in [1.807, 2.05) is 0 Å². The molecule has 5 nitrogen and oxygen atoms in total. The summed E-state index contributed by atoms with van der Waals surface area (Å²) >= 11 is -2.17. The van der Waals surface area contributed by atoms with Gasteiger partial charge in [0.2, 0.25) is 5.89 Å². The number of nitrogens with zero attached hydrogens (tertiary/aromatic N) is 2. The molecule has 112 valence electrons. The van der Waals surface area contributed by atoms with Crippen molar-refractivity contribution < 1.29 is 17.6 Å². The summed E-state index contributed by atoms with van der Waals surface area (Å²) in [5.74, 6) is -0.0780. The Morgan fingerprint density at radius 1 is 1.14 bits per heavy atom. The molecule has 0 saturated carbocycles. The third-order valence-corrected chi connectivity index (χ3v) is 3.51. The molecule has 0 amide bonds. The van der Waals surface area contributed by atoms with Gasteiger partial charge < -0.3 is 8.97 Å². The van der Waals surface area contributed by atoms with Crippen molar-refractivity contribution in [1.29, 1.82) is 0 Å². The first-order valence-electron chi connectivity index (χ1n) is 6.34. The fraction of sp³-hybridized carbons (Fsp3) is 0.0667. The minimum absolute atomic E-state index is 0.125. The number of pyridine rings is 1. The van der Waals surface area contributed by atoms with Crippen LogP contribution in [0.3, 0.4) is 0 Å². The van der Waals surface area contributed by atoms with E-state index in [4.69, 9.17) is 4.42 Å². The van der Waals surface area contributed by atoms with Crippen LogP contribution in [-0.2, 0) is 16.8 Å². The summed E-state index contributed by atoms with van der Waals surface area (Å²) in [5, 5.41) is 0. The molecule has 2 aromatic heterocycles. The molecule has 0 N–H and O–H groups in total. The molecule has 0 bridgehead atoms. The van der Waals surface area contributed by atoms with Gasteiger partial charge in [-0.05, 0) is 47.5 Å². The van der Waals surface area contributed by atoms with E-state index in [9.17, 15) is 13.2 Å². The molecule has 3 aromatic rings. The predicted molar refractivity (Wildman–Crippen MR) is 77.8 cm³/mol. The molecule has 0 aliphatic carbocycles. The van der Waals surface area contributed by atoms with Gasteiger partial charge in [0.1, 0.15) is 17.8 Å². The molecule has 0 aliphatic rings. The van der Waals surface area contributed by atoms with Gasteiger partial charge in [-0.25, -0.2) is 9.37 Å². The molecule has 0 aliphatic heterocycles. The lowest BCUT2D eigenvalue weighted by molar-refractivity contribution is 0.535. The maximum atomic E-state index is 12.9. The van der Waals surface area contributed by atoms with Crippen molar-refractivity contribution in [2.24, 2.45) is 0 Å². The third-order valence-electron chi connectivity index (χ3n) is 2.98. The molecule has 3 rings (SSSR count). The zero-order valence-corrected chi connectivity index (χ0v) is 12.0. The highest BCUT2D eigenvalue weighted by Gasteiger charge is 2.09. The van der Waals surface area contributed by atoms with E-state index in [1.54, 1.807) is 24.3 Å². The largest absolute Gasteiger partial charge is 0.772 e. The van der Waals surface area contributed by atoms with Crippen LogP contribution in [0.15, 0.2) is 53.3 Å². The SMILES string of the molecule is O=S([O-])Cc1ccc(-c2coc(-c3ccc(F)cc3)n2)cn1. The maximum Gasteiger partial charge on any atom is 0.226 e. The van der Waals surface area contributed by atoms with Crippen molar-refractivity contribution in [2.45, 2.75) is 5.75 Å². The summed E-state index contributed by atoms with van der Waals surface area (Å²) in [5.41, 5.74) is 2.40. The van der Waals surface area contributed by atoms with E-state index in [1.165, 1.54) is 24.6 Å². The lowest BCUT2D eigenvalue weighted by Crippen LogP contribution is -1.96. The minimum Gasteiger partial charge on any atom is -0.772 e. The Hall–Kier alpha value is -2.38. The Morgan fingerprint density at radius 2 is 1.86 bits per heavy atom. The second-order valence-electron chi connectivity index (χ2n) is 4.53. The number of rotatable bonds is 4. The Balaban J connectivity index is 1.84. The molecule has 1 aromatic carbocycles. The van der Waals surface area contributed by atoms with E-state index < -0.39 is 11.1 Å². The monoisotopic (exact) mass is 317 g/mol. The molecular formula is C15H10FN2O3S-. The number of hydrogen-bond acceptors (Lipinski definition) is 5. The van der Waals surface area contributed by atoms with Crippen LogP contribution in [0.2, 0.25) is 0 Å². The van der Waals surface area contributed by atoms with E-state index >= 15 is 0 Å². The highest BCUT2D eigenvalue weighted by atomic mass is 32.2. The second kappa shape index (κ2) is 6.17. The van der Waals surface area contributed by atoms with Gasteiger partial charge in [0.15, 0.2) is 0 Å². The summed E-state index contributed by atoms with van der Waals surface area (Å²) in [6, 6.07) is 9.17. The average Bonchev–Trinajstić information content (AvgIpc) is 2.98. The van der Waals surface area contributed by atoms with Crippen LogP contribution in [0.5, 0.6) is 0 Å². The molecule has 7 heteroatoms. The second-order valence-corrected chi connectivity index (χ2v) is 5.43. The molecule has 1 unspecified atom stereocenters. The van der Waals surface area contributed by atoms with Crippen molar-refractivity contribution in [1.82, 2.24) is 9.97 Å². The lowest BCUT2D eigenvalue weighted by Gasteiger charge is -2.04. The molecule has 0 fully saturated rings. The van der Waals surface area contributed by atoms with Crippen LogP contribution in [0.1, 0.15) is 5.69 Å². The lowest BCUT2D eigenvalue weighted by atomic mass is 10.2. The van der Waals surface area contributed by atoms with Crippen LogP contribution in [0.25, 0.3) is 22.7 Å². The maximum absolute atomic E-state index is 12.9. The first-order valence-corrected chi connectivity index (χ1v) is 7.59. The van der Waals surface area contributed by atoms with Crippen molar-refractivity contribution in [3.63, 3.8) is 0 Å². The predicted octanol–water partition coefficient (Wildman–Crippen LogP) is 2.92. The number of oxazole rings is 1. The standard InChI is InChI=1S/C15H11FN2O3S/c16-12-4-1-10(2-5-12)15-18-14(8-21-15)11-3-6-13(17-7-11)9-22(19)20/h1-8H,9H2,(H,19,20)/p-1. The van der Waals surface area contributed by atoms with E-state index in [0.29, 0.717) is 28.4 Å². The number of hydrogen-bond donors (Lipinski definition) is 0. The summed E-state index contributed by atoms with van der Waals surface area (Å²) in [4.78, 5) is 8.38. The Labute approximate surface area is 128 Å². The summed E-state index contributed by atoms with van der Waals surface area (Å²) in [6.45, 7) is 0. The van der Waals surface area contributed by atoms with Gasteiger partial charge >= 0.3 is 0 Å². The zero-order valence-electron chi connectivity index (χ0n) is 11.2. The van der Waals surface area contributed by atoms with Crippen molar-refractivity contribution in [3.8, 4) is 22.7 Å². The highest BCUT2D eigenvalue weighted by Crippen LogP contribution is 2.24. The zero-order chi connectivity index (χ0) is 15.5. The van der Waals surface area contributed by atoms with Crippen LogP contribution < -0.4 is 0 Å². The van der Waals surface area contributed by atoms with Crippen molar-refractivity contribution >= 4 is 11.1 Å². The summed E-state index contributed by atoms with van der Waals surface area (Å²) < 4.78 is 39.5. The smallest absolute Gasteiger partial charge is 0.226 e. The highest BCUT2D eigenvalue weighted by molar-refractivity contribution is 7.78. The van der Waals surface area contributed by atoms with Gasteiger partial charge in [-0.3, -0.25) is 9.19 Å². The third kappa shape index (κ3) is 3.26. The van der Waals surface area contributed by atoms with Crippen molar-refractivity contribution in [2.75, 3.05) is 0 Å². The fourth-order valence-corrected chi connectivity index (χ4v) is 2.33. The molecule has 0 saturated heterocycles. The van der Waals surface area contributed by atoms with Crippen LogP contribution in [0, 0.1) is 5.82 Å². The summed E-state index contributed by atoms with van der Waals surface area (Å²) in [7, 11) is 0. The Kier molecular flexibility index (Phi) is 4.08. The average molecular weight is 317 g/mol. The molecular weight excluding hydrogens is 307 g/mol. The van der Waals surface area contributed by atoms with Gasteiger partial charge in [-0.2, -0.15) is 0 Å².